The van der Waals surface area contributed by atoms with Gasteiger partial charge in [-0.1, -0.05) is 44.5 Å². The molecule has 0 aliphatic carbocycles. The SMILES string of the molecule is CC(C)[C@H](NC(=O)[C@@H](CO)NC(=O)[C@H](CS)NC(=O)[C@H](CC(=O)O)NC(=O)[C@H](Cc1ccc(O)cc1)NC(=O)[C@H](CS)NC(=O)[C@@H](N)CCCCN)C(=O)N[C@@H](Cc1ccc(O)cc1)C(=O)O. The van der Waals surface area contributed by atoms with Crippen molar-refractivity contribution in [3.63, 3.8) is 0 Å². The van der Waals surface area contributed by atoms with Gasteiger partial charge in [-0.05, 0) is 60.7 Å². The summed E-state index contributed by atoms with van der Waals surface area (Å²) >= 11 is 8.24. The molecule has 8 atom stereocenters. The van der Waals surface area contributed by atoms with E-state index in [2.05, 4.69) is 62.5 Å². The zero-order chi connectivity index (χ0) is 50.4. The highest BCUT2D eigenvalue weighted by molar-refractivity contribution is 7.80. The van der Waals surface area contributed by atoms with Crippen LogP contribution < -0.4 is 48.7 Å². The van der Waals surface area contributed by atoms with E-state index in [0.29, 0.717) is 30.5 Å². The number of phenolic OH excluding ortho intramolecular Hbond substituents is 2. The number of carbonyl (C=O) groups is 9. The van der Waals surface area contributed by atoms with Crippen molar-refractivity contribution >= 4 is 78.5 Å². The lowest BCUT2D eigenvalue weighted by atomic mass is 10.0. The quantitative estimate of drug-likeness (QED) is 0.0282. The van der Waals surface area contributed by atoms with Crippen molar-refractivity contribution in [2.45, 2.75) is 101 Å². The molecule has 0 aliphatic heterocycles. The smallest absolute Gasteiger partial charge is 0.326 e. The second-order valence-electron chi connectivity index (χ2n) is 15.7. The molecule has 0 saturated heterocycles. The summed E-state index contributed by atoms with van der Waals surface area (Å²) in [6.45, 7) is 2.44. The molecule has 2 aromatic carbocycles. The van der Waals surface area contributed by atoms with E-state index in [0.717, 1.165) is 0 Å². The van der Waals surface area contributed by atoms with Crippen molar-refractivity contribution in [3.8, 4) is 11.5 Å². The van der Waals surface area contributed by atoms with Crippen LogP contribution in [0.1, 0.15) is 50.7 Å². The number of aliphatic hydroxyl groups is 1. The number of unbranched alkanes of at least 4 members (excludes halogenated alkanes) is 1. The van der Waals surface area contributed by atoms with Crippen LogP contribution in [0, 0.1) is 5.92 Å². The third kappa shape index (κ3) is 19.7. The van der Waals surface area contributed by atoms with Gasteiger partial charge in [0.15, 0.2) is 0 Å². The first-order valence-corrected chi connectivity index (χ1v) is 22.3. The Morgan fingerprint density at radius 2 is 0.955 bits per heavy atom. The van der Waals surface area contributed by atoms with Crippen LogP contribution in [0.2, 0.25) is 0 Å². The van der Waals surface area contributed by atoms with Gasteiger partial charge >= 0.3 is 11.9 Å². The Kier molecular flexibility index (Phi) is 24.5. The standard InChI is InChI=1S/C42H61N9O14S2/c1-21(2)34(41(63)47-29(42(64)65)16-23-8-12-25(54)13-9-23)51-38(60)30(18-52)48-40(62)32(20-67)50-37(59)28(17-33(55)56)46-36(58)27(15-22-6-10-24(53)11-7-22)45-39(61)31(19-66)49-35(57)26(44)5-3-4-14-43/h6-13,21,26-32,34,52-54,66-67H,3-5,14-20,43-44H2,1-2H3,(H,45,61)(H,46,58)(H,47,63)(H,48,62)(H,49,57)(H,50,59)(H,51,60)(H,55,56)(H,64,65)/t26-,27-,28-,29-,30+,31-,32-,34-/m0/s1. The highest BCUT2D eigenvalue weighted by Crippen LogP contribution is 2.14. The predicted octanol–water partition coefficient (Wildman–Crippen LogP) is -3.20. The summed E-state index contributed by atoms with van der Waals surface area (Å²) in [6.07, 6.45) is -0.0356. The summed E-state index contributed by atoms with van der Waals surface area (Å²) in [5.74, 6) is -11.4. The molecule has 16 N–H and O–H groups in total. The van der Waals surface area contributed by atoms with E-state index in [-0.39, 0.29) is 36.5 Å². The van der Waals surface area contributed by atoms with Crippen molar-refractivity contribution in [1.29, 1.82) is 0 Å². The monoisotopic (exact) mass is 979 g/mol. The van der Waals surface area contributed by atoms with Gasteiger partial charge in [-0.3, -0.25) is 38.4 Å². The van der Waals surface area contributed by atoms with Gasteiger partial charge in [0.25, 0.3) is 0 Å². The number of aliphatic carboxylic acids is 2. The average Bonchev–Trinajstić information content (AvgIpc) is 3.28. The van der Waals surface area contributed by atoms with Crippen molar-refractivity contribution in [2.24, 2.45) is 17.4 Å². The van der Waals surface area contributed by atoms with Crippen LogP contribution in [-0.2, 0) is 56.0 Å². The van der Waals surface area contributed by atoms with E-state index in [9.17, 15) is 68.7 Å². The number of hydrogen-bond donors (Lipinski definition) is 16. The Balaban J connectivity index is 2.24. The fourth-order valence-corrected chi connectivity index (χ4v) is 6.68. The van der Waals surface area contributed by atoms with Gasteiger partial charge in [0.1, 0.15) is 53.8 Å². The van der Waals surface area contributed by atoms with Crippen LogP contribution >= 0.6 is 25.3 Å². The third-order valence-corrected chi connectivity index (χ3v) is 10.7. The van der Waals surface area contributed by atoms with Gasteiger partial charge in [0, 0.05) is 24.3 Å². The molecular formula is C42H61N9O14S2. The van der Waals surface area contributed by atoms with E-state index >= 15 is 0 Å². The molecule has 0 heterocycles. The molecule has 0 aromatic heterocycles. The Bertz CT molecular complexity index is 2010. The Morgan fingerprint density at radius 3 is 1.40 bits per heavy atom. The number of nitrogens with two attached hydrogens (primary N) is 2. The molecule has 23 nitrogen and oxygen atoms in total. The molecule has 2 rings (SSSR count). The van der Waals surface area contributed by atoms with E-state index in [1.807, 2.05) is 0 Å². The highest BCUT2D eigenvalue weighted by Gasteiger charge is 2.35. The number of carbonyl (C=O) groups excluding carboxylic acids is 7. The van der Waals surface area contributed by atoms with Crippen LogP contribution in [-0.4, -0.2) is 152 Å². The molecule has 67 heavy (non-hydrogen) atoms. The lowest BCUT2D eigenvalue weighted by Gasteiger charge is -2.27. The molecule has 25 heteroatoms. The summed E-state index contributed by atoms with van der Waals surface area (Å²) in [6, 6.07) is -0.811. The number of aliphatic hydroxyl groups excluding tert-OH is 1. The lowest BCUT2D eigenvalue weighted by Crippen LogP contribution is -2.61. The molecule has 0 saturated carbocycles. The second-order valence-corrected chi connectivity index (χ2v) is 16.4. The minimum Gasteiger partial charge on any atom is -0.508 e. The first-order chi connectivity index (χ1) is 31.6. The number of benzene rings is 2. The normalized spacial score (nSPS) is 14.6. The maximum atomic E-state index is 13.8. The van der Waals surface area contributed by atoms with Crippen LogP contribution in [0.15, 0.2) is 48.5 Å². The number of carboxylic acids is 2. The number of rotatable bonds is 29. The van der Waals surface area contributed by atoms with Gasteiger partial charge < -0.3 is 74.2 Å². The van der Waals surface area contributed by atoms with Crippen LogP contribution in [0.5, 0.6) is 11.5 Å². The lowest BCUT2D eigenvalue weighted by molar-refractivity contribution is -0.143. The summed E-state index contributed by atoms with van der Waals surface area (Å²) in [5.41, 5.74) is 12.3. The molecule has 0 spiro atoms. The number of hydrogen-bond acceptors (Lipinski definition) is 16. The second kappa shape index (κ2) is 28.8. The van der Waals surface area contributed by atoms with Crippen molar-refractivity contribution in [2.75, 3.05) is 24.7 Å². The van der Waals surface area contributed by atoms with E-state index < -0.39 is 126 Å². The fourth-order valence-electron chi connectivity index (χ4n) is 6.17. The van der Waals surface area contributed by atoms with E-state index in [4.69, 9.17) is 11.5 Å². The molecule has 0 aliphatic rings. The first kappa shape index (κ1) is 57.0. The van der Waals surface area contributed by atoms with Crippen LogP contribution in [0.25, 0.3) is 0 Å². The number of aromatic hydroxyl groups is 2. The third-order valence-electron chi connectivity index (χ3n) is 10.0. The summed E-state index contributed by atoms with van der Waals surface area (Å²) < 4.78 is 0. The number of nitrogens with one attached hydrogen (secondary N) is 7. The topological polar surface area (TPSA) is 391 Å². The molecule has 370 valence electrons. The Morgan fingerprint density at radius 1 is 0.552 bits per heavy atom. The maximum Gasteiger partial charge on any atom is 0.326 e. The number of amides is 7. The number of carboxylic acid groups (broad SMARTS) is 2. The van der Waals surface area contributed by atoms with E-state index in [1.165, 1.54) is 62.4 Å². The van der Waals surface area contributed by atoms with E-state index in [1.54, 1.807) is 0 Å². The molecule has 0 fully saturated rings. The van der Waals surface area contributed by atoms with Gasteiger partial charge in [0.2, 0.25) is 41.4 Å². The zero-order valence-corrected chi connectivity index (χ0v) is 38.6. The zero-order valence-electron chi connectivity index (χ0n) is 36.8. The predicted molar refractivity (Wildman–Crippen MR) is 248 cm³/mol. The fraction of sp³-hybridized carbons (Fsp3) is 0.500. The minimum absolute atomic E-state index is 0.0562. The highest BCUT2D eigenvalue weighted by atomic mass is 32.1. The van der Waals surface area contributed by atoms with Gasteiger partial charge in [-0.2, -0.15) is 25.3 Å². The molecule has 2 aromatic rings. The Hall–Kier alpha value is -6.15. The molecule has 0 unspecified atom stereocenters. The average molecular weight is 980 g/mol. The van der Waals surface area contributed by atoms with Crippen LogP contribution in [0.3, 0.4) is 0 Å². The molecule has 0 bridgehead atoms. The first-order valence-electron chi connectivity index (χ1n) is 21.1. The van der Waals surface area contributed by atoms with Crippen molar-refractivity contribution in [3.05, 3.63) is 59.7 Å². The largest absolute Gasteiger partial charge is 0.508 e. The van der Waals surface area contributed by atoms with Crippen molar-refractivity contribution in [1.82, 2.24) is 37.2 Å². The number of thiol groups is 2. The maximum absolute atomic E-state index is 13.8. The molecule has 7 amide bonds. The molecule has 0 radical (unpaired) electrons. The molecular weight excluding hydrogens is 919 g/mol. The Labute approximate surface area is 397 Å². The summed E-state index contributed by atoms with van der Waals surface area (Å²) in [5, 5.41) is 65.3. The van der Waals surface area contributed by atoms with Gasteiger partial charge in [0.05, 0.1) is 19.1 Å². The van der Waals surface area contributed by atoms with Gasteiger partial charge in [-0.25, -0.2) is 4.79 Å². The minimum atomic E-state index is -1.89. The summed E-state index contributed by atoms with van der Waals surface area (Å²) in [4.78, 5) is 118. The number of phenols is 2. The van der Waals surface area contributed by atoms with Crippen molar-refractivity contribution < 1.29 is 68.7 Å². The van der Waals surface area contributed by atoms with Gasteiger partial charge in [-0.15, -0.1) is 0 Å². The van der Waals surface area contributed by atoms with Crippen LogP contribution in [0.4, 0.5) is 0 Å². The summed E-state index contributed by atoms with van der Waals surface area (Å²) in [7, 11) is 0.